The van der Waals surface area contributed by atoms with Gasteiger partial charge in [0.1, 0.15) is 13.2 Å². The molecule has 182 valence electrons. The minimum absolute atomic E-state index is 0.0375. The third-order valence-corrected chi connectivity index (χ3v) is 6.17. The standard InChI is InChI=1S/C27H34N2O5/c1-3-5-10-19(16-25(30)29(15-4-2)17-26(31)32)28-27(33)34-18-24-22-13-8-6-11-20(22)21-12-7-9-14-23(21)24/h6-9,11-14,19,24H,3-5,10,15-18H2,1-2H3,(H,28,33)(H,31,32)/t19-/m0/s1. The molecule has 2 amide bonds. The summed E-state index contributed by atoms with van der Waals surface area (Å²) < 4.78 is 5.64. The number of fused-ring (bicyclic) bond motifs is 3. The number of unbranched alkanes of at least 4 members (excludes halogenated alkanes) is 1. The van der Waals surface area contributed by atoms with Gasteiger partial charge in [0.05, 0.1) is 0 Å². The van der Waals surface area contributed by atoms with Gasteiger partial charge in [-0.3, -0.25) is 9.59 Å². The van der Waals surface area contributed by atoms with Gasteiger partial charge in [-0.15, -0.1) is 0 Å². The molecule has 1 atom stereocenters. The molecule has 0 aliphatic heterocycles. The van der Waals surface area contributed by atoms with Crippen molar-refractivity contribution < 1.29 is 24.2 Å². The topological polar surface area (TPSA) is 95.9 Å². The second-order valence-electron chi connectivity index (χ2n) is 8.72. The van der Waals surface area contributed by atoms with E-state index in [1.165, 1.54) is 4.90 Å². The van der Waals surface area contributed by atoms with Crippen molar-refractivity contribution in [3.8, 4) is 11.1 Å². The molecule has 2 aromatic carbocycles. The van der Waals surface area contributed by atoms with E-state index in [4.69, 9.17) is 9.84 Å². The van der Waals surface area contributed by atoms with Gasteiger partial charge in [0.25, 0.3) is 0 Å². The fourth-order valence-electron chi connectivity index (χ4n) is 4.55. The normalized spacial score (nSPS) is 13.0. The number of hydrogen-bond donors (Lipinski definition) is 2. The number of carboxylic acid groups (broad SMARTS) is 1. The molecule has 0 heterocycles. The van der Waals surface area contributed by atoms with Crippen molar-refractivity contribution >= 4 is 18.0 Å². The third-order valence-electron chi connectivity index (χ3n) is 6.17. The van der Waals surface area contributed by atoms with Gasteiger partial charge < -0.3 is 20.1 Å². The Morgan fingerprint density at radius 3 is 2.18 bits per heavy atom. The number of rotatable bonds is 12. The minimum Gasteiger partial charge on any atom is -0.480 e. The van der Waals surface area contributed by atoms with Crippen molar-refractivity contribution in [3.63, 3.8) is 0 Å². The molecule has 7 nitrogen and oxygen atoms in total. The maximum Gasteiger partial charge on any atom is 0.407 e. The molecular formula is C27H34N2O5. The van der Waals surface area contributed by atoms with Crippen molar-refractivity contribution in [1.29, 1.82) is 0 Å². The summed E-state index contributed by atoms with van der Waals surface area (Å²) in [5.74, 6) is -1.36. The molecule has 1 aliphatic carbocycles. The quantitative estimate of drug-likeness (QED) is 0.469. The Balaban J connectivity index is 1.63. The van der Waals surface area contributed by atoms with Crippen LogP contribution in [0.15, 0.2) is 48.5 Å². The van der Waals surface area contributed by atoms with Crippen LogP contribution in [0.1, 0.15) is 63.0 Å². The fourth-order valence-corrected chi connectivity index (χ4v) is 4.55. The Labute approximate surface area is 201 Å². The van der Waals surface area contributed by atoms with E-state index in [0.29, 0.717) is 19.4 Å². The number of amides is 2. The van der Waals surface area contributed by atoms with Crippen LogP contribution in [0.2, 0.25) is 0 Å². The van der Waals surface area contributed by atoms with Gasteiger partial charge in [0.2, 0.25) is 5.91 Å². The van der Waals surface area contributed by atoms with E-state index in [2.05, 4.69) is 29.6 Å². The second-order valence-corrected chi connectivity index (χ2v) is 8.72. The van der Waals surface area contributed by atoms with Crippen LogP contribution in [0.25, 0.3) is 11.1 Å². The highest BCUT2D eigenvalue weighted by Crippen LogP contribution is 2.44. The molecular weight excluding hydrogens is 432 g/mol. The van der Waals surface area contributed by atoms with Gasteiger partial charge in [-0.25, -0.2) is 4.79 Å². The maximum absolute atomic E-state index is 12.7. The molecule has 0 fully saturated rings. The van der Waals surface area contributed by atoms with Gasteiger partial charge in [0.15, 0.2) is 0 Å². The second kappa shape index (κ2) is 12.2. The van der Waals surface area contributed by atoms with Crippen molar-refractivity contribution in [2.24, 2.45) is 0 Å². The van der Waals surface area contributed by atoms with Gasteiger partial charge in [-0.2, -0.15) is 0 Å². The lowest BCUT2D eigenvalue weighted by Gasteiger charge is -2.24. The molecule has 7 heteroatoms. The van der Waals surface area contributed by atoms with E-state index in [0.717, 1.165) is 35.1 Å². The van der Waals surface area contributed by atoms with Crippen LogP contribution in [-0.4, -0.2) is 53.7 Å². The maximum atomic E-state index is 12.7. The first-order valence-corrected chi connectivity index (χ1v) is 12.1. The van der Waals surface area contributed by atoms with E-state index < -0.39 is 18.1 Å². The number of benzene rings is 2. The van der Waals surface area contributed by atoms with Gasteiger partial charge in [-0.05, 0) is 35.1 Å². The molecule has 34 heavy (non-hydrogen) atoms. The van der Waals surface area contributed by atoms with Crippen molar-refractivity contribution in [2.75, 3.05) is 19.7 Å². The molecule has 0 aromatic heterocycles. The van der Waals surface area contributed by atoms with E-state index in [1.807, 2.05) is 38.1 Å². The van der Waals surface area contributed by atoms with Crippen LogP contribution in [0.4, 0.5) is 4.79 Å². The first-order valence-electron chi connectivity index (χ1n) is 12.1. The SMILES string of the molecule is CCCC[C@@H](CC(=O)N(CCC)CC(=O)O)NC(=O)OCC1c2ccccc2-c2ccccc21. The van der Waals surface area contributed by atoms with Crippen LogP contribution in [0.3, 0.4) is 0 Å². The predicted octanol–water partition coefficient (Wildman–Crippen LogP) is 4.80. The zero-order chi connectivity index (χ0) is 24.5. The number of carboxylic acids is 1. The number of hydrogen-bond acceptors (Lipinski definition) is 4. The van der Waals surface area contributed by atoms with Crippen LogP contribution in [0, 0.1) is 0 Å². The Hall–Kier alpha value is -3.35. The smallest absolute Gasteiger partial charge is 0.407 e. The Kier molecular flexibility index (Phi) is 9.08. The van der Waals surface area contributed by atoms with E-state index in [-0.39, 0.29) is 31.4 Å². The fraction of sp³-hybridized carbons (Fsp3) is 0.444. The van der Waals surface area contributed by atoms with E-state index >= 15 is 0 Å². The molecule has 3 rings (SSSR count). The molecule has 0 bridgehead atoms. The zero-order valence-corrected chi connectivity index (χ0v) is 20.0. The number of ether oxygens (including phenoxy) is 1. The number of carbonyl (C=O) groups is 3. The predicted molar refractivity (Wildman–Crippen MR) is 131 cm³/mol. The lowest BCUT2D eigenvalue weighted by Crippen LogP contribution is -2.43. The molecule has 0 radical (unpaired) electrons. The summed E-state index contributed by atoms with van der Waals surface area (Å²) in [4.78, 5) is 37.9. The van der Waals surface area contributed by atoms with Crippen molar-refractivity contribution in [1.82, 2.24) is 10.2 Å². The first-order chi connectivity index (χ1) is 16.4. The summed E-state index contributed by atoms with van der Waals surface area (Å²) in [7, 11) is 0. The number of nitrogens with zero attached hydrogens (tertiary/aromatic N) is 1. The zero-order valence-electron chi connectivity index (χ0n) is 20.0. The largest absolute Gasteiger partial charge is 0.480 e. The van der Waals surface area contributed by atoms with Crippen LogP contribution in [0.5, 0.6) is 0 Å². The Morgan fingerprint density at radius 1 is 1.00 bits per heavy atom. The van der Waals surface area contributed by atoms with Crippen LogP contribution >= 0.6 is 0 Å². The average Bonchev–Trinajstić information content (AvgIpc) is 3.14. The van der Waals surface area contributed by atoms with E-state index in [1.54, 1.807) is 0 Å². The average molecular weight is 467 g/mol. The Bertz CT molecular complexity index is 961. The van der Waals surface area contributed by atoms with Gasteiger partial charge in [0, 0.05) is 24.9 Å². The molecule has 0 spiro atoms. The molecule has 0 unspecified atom stereocenters. The first kappa shape index (κ1) is 25.3. The summed E-state index contributed by atoms with van der Waals surface area (Å²) in [6, 6.07) is 15.9. The summed E-state index contributed by atoms with van der Waals surface area (Å²) in [5, 5.41) is 12.0. The third kappa shape index (κ3) is 6.37. The van der Waals surface area contributed by atoms with Crippen molar-refractivity contribution in [2.45, 2.75) is 57.9 Å². The van der Waals surface area contributed by atoms with Crippen LogP contribution in [-0.2, 0) is 14.3 Å². The molecule has 0 saturated heterocycles. The van der Waals surface area contributed by atoms with Gasteiger partial charge in [-0.1, -0.05) is 75.2 Å². The lowest BCUT2D eigenvalue weighted by atomic mass is 9.98. The van der Waals surface area contributed by atoms with Crippen molar-refractivity contribution in [3.05, 3.63) is 59.7 Å². The summed E-state index contributed by atoms with van der Waals surface area (Å²) >= 11 is 0. The number of nitrogens with one attached hydrogen (secondary N) is 1. The highest BCUT2D eigenvalue weighted by atomic mass is 16.5. The summed E-state index contributed by atoms with van der Waals surface area (Å²) in [6.07, 6.45) is 2.55. The number of alkyl carbamates (subject to hydrolysis) is 1. The molecule has 1 aliphatic rings. The minimum atomic E-state index is -1.04. The van der Waals surface area contributed by atoms with Gasteiger partial charge >= 0.3 is 12.1 Å². The summed E-state index contributed by atoms with van der Waals surface area (Å²) in [5.41, 5.74) is 4.59. The van der Waals surface area contributed by atoms with Crippen LogP contribution < -0.4 is 5.32 Å². The Morgan fingerprint density at radius 2 is 1.62 bits per heavy atom. The van der Waals surface area contributed by atoms with E-state index in [9.17, 15) is 14.4 Å². The highest BCUT2D eigenvalue weighted by Gasteiger charge is 2.29. The molecule has 0 saturated carbocycles. The number of carbonyl (C=O) groups excluding carboxylic acids is 2. The molecule has 2 aromatic rings. The monoisotopic (exact) mass is 466 g/mol. The highest BCUT2D eigenvalue weighted by molar-refractivity contribution is 5.82. The lowest BCUT2D eigenvalue weighted by molar-refractivity contribution is -0.144. The molecule has 2 N–H and O–H groups in total. The summed E-state index contributed by atoms with van der Waals surface area (Å²) in [6.45, 7) is 4.18. The number of aliphatic carboxylic acids is 1.